The van der Waals surface area contributed by atoms with Crippen LogP contribution in [0.5, 0.6) is 11.5 Å². The lowest BCUT2D eigenvalue weighted by molar-refractivity contribution is 0.0725. The molecule has 0 aliphatic carbocycles. The van der Waals surface area contributed by atoms with Gasteiger partial charge >= 0.3 is 0 Å². The van der Waals surface area contributed by atoms with Gasteiger partial charge in [0.15, 0.2) is 9.84 Å². The van der Waals surface area contributed by atoms with Crippen molar-refractivity contribution in [2.75, 3.05) is 18.8 Å². The predicted molar refractivity (Wildman–Crippen MR) is 110 cm³/mol. The molecule has 1 aliphatic heterocycles. The molecule has 29 heavy (non-hydrogen) atoms. The van der Waals surface area contributed by atoms with Crippen LogP contribution in [0, 0.1) is 11.7 Å². The first kappa shape index (κ1) is 21.3. The maximum Gasteiger partial charge on any atom is 0.253 e. The molecule has 0 saturated carbocycles. The highest BCUT2D eigenvalue weighted by Gasteiger charge is 2.32. The highest BCUT2D eigenvalue weighted by molar-refractivity contribution is 7.92. The van der Waals surface area contributed by atoms with Gasteiger partial charge in [0, 0.05) is 18.7 Å². The van der Waals surface area contributed by atoms with E-state index in [1.165, 1.54) is 24.3 Å². The molecule has 2 aromatic rings. The van der Waals surface area contributed by atoms with E-state index in [-0.39, 0.29) is 28.6 Å². The van der Waals surface area contributed by atoms with Gasteiger partial charge in [-0.3, -0.25) is 4.79 Å². The van der Waals surface area contributed by atoms with E-state index in [0.717, 1.165) is 0 Å². The molecule has 1 fully saturated rings. The van der Waals surface area contributed by atoms with Crippen molar-refractivity contribution in [3.63, 3.8) is 0 Å². The van der Waals surface area contributed by atoms with Gasteiger partial charge in [-0.05, 0) is 61.2 Å². The van der Waals surface area contributed by atoms with Crippen molar-refractivity contribution in [3.8, 4) is 11.5 Å². The first-order valence-electron chi connectivity index (χ1n) is 9.79. The van der Waals surface area contributed by atoms with Crippen molar-refractivity contribution in [2.45, 2.75) is 31.9 Å². The summed E-state index contributed by atoms with van der Waals surface area (Å²) in [5, 5.41) is -0.373. The second-order valence-electron chi connectivity index (χ2n) is 7.80. The zero-order chi connectivity index (χ0) is 21.0. The van der Waals surface area contributed by atoms with E-state index < -0.39 is 9.84 Å². The normalized spacial score (nSPS) is 15.5. The number of halogens is 1. The van der Waals surface area contributed by atoms with Crippen LogP contribution in [0.1, 0.15) is 37.0 Å². The van der Waals surface area contributed by atoms with Crippen molar-refractivity contribution in [1.82, 2.24) is 4.90 Å². The molecule has 5 nitrogen and oxygen atoms in total. The Bertz CT molecular complexity index is 949. The van der Waals surface area contributed by atoms with Gasteiger partial charge in [-0.15, -0.1) is 0 Å². The molecule has 0 spiro atoms. The van der Waals surface area contributed by atoms with Gasteiger partial charge < -0.3 is 9.64 Å². The van der Waals surface area contributed by atoms with Gasteiger partial charge in [0.2, 0.25) is 0 Å². The molecular weight excluding hydrogens is 393 g/mol. The number of nitrogens with zero attached hydrogens (tertiary/aromatic N) is 1. The van der Waals surface area contributed by atoms with Crippen LogP contribution in [0.25, 0.3) is 0 Å². The number of carbonyl (C=O) groups is 1. The Balaban J connectivity index is 1.63. The van der Waals surface area contributed by atoms with Crippen LogP contribution in [0.3, 0.4) is 0 Å². The molecule has 0 N–H and O–H groups in total. The third-order valence-corrected chi connectivity index (χ3v) is 7.55. The number of amides is 1. The van der Waals surface area contributed by atoms with Gasteiger partial charge in [-0.25, -0.2) is 12.8 Å². The fraction of sp³-hybridized carbons (Fsp3) is 0.409. The van der Waals surface area contributed by atoms with Crippen LogP contribution in [-0.4, -0.2) is 43.3 Å². The number of sulfone groups is 1. The summed E-state index contributed by atoms with van der Waals surface area (Å²) < 4.78 is 43.6. The number of piperidine rings is 1. The Kier molecular flexibility index (Phi) is 6.57. The summed E-state index contributed by atoms with van der Waals surface area (Å²) >= 11 is 0. The van der Waals surface area contributed by atoms with E-state index in [4.69, 9.17) is 4.74 Å². The molecule has 1 aliphatic rings. The van der Waals surface area contributed by atoms with Crippen LogP contribution in [0.4, 0.5) is 4.39 Å². The van der Waals surface area contributed by atoms with Crippen molar-refractivity contribution < 1.29 is 22.3 Å². The fourth-order valence-corrected chi connectivity index (χ4v) is 5.66. The number of carbonyl (C=O) groups excluding carboxylic acids is 1. The van der Waals surface area contributed by atoms with E-state index in [1.807, 2.05) is 13.8 Å². The Hall–Kier alpha value is -2.41. The summed E-state index contributed by atoms with van der Waals surface area (Å²) in [4.78, 5) is 14.5. The molecule has 1 amide bonds. The minimum atomic E-state index is -3.13. The second-order valence-corrected chi connectivity index (χ2v) is 10.1. The maximum absolute atomic E-state index is 13.0. The fourth-order valence-electron chi connectivity index (χ4n) is 3.53. The minimum Gasteiger partial charge on any atom is -0.457 e. The second kappa shape index (κ2) is 8.95. The summed E-state index contributed by atoms with van der Waals surface area (Å²) in [6.07, 6.45) is 0.930. The third-order valence-electron chi connectivity index (χ3n) is 4.93. The molecule has 2 aromatic carbocycles. The summed E-state index contributed by atoms with van der Waals surface area (Å²) in [6.45, 7) is 4.64. The summed E-state index contributed by atoms with van der Waals surface area (Å²) in [7, 11) is -3.13. The first-order valence-corrected chi connectivity index (χ1v) is 11.5. The molecule has 1 heterocycles. The molecular formula is C22H26FNO4S. The molecule has 0 unspecified atom stereocenters. The molecule has 1 saturated heterocycles. The van der Waals surface area contributed by atoms with E-state index in [2.05, 4.69) is 0 Å². The molecule has 0 bridgehead atoms. The average molecular weight is 420 g/mol. The van der Waals surface area contributed by atoms with E-state index in [1.54, 1.807) is 29.2 Å². The van der Waals surface area contributed by atoms with Gasteiger partial charge in [-0.2, -0.15) is 0 Å². The third kappa shape index (κ3) is 5.56. The van der Waals surface area contributed by atoms with Gasteiger partial charge in [0.05, 0.1) is 11.0 Å². The van der Waals surface area contributed by atoms with E-state index in [0.29, 0.717) is 43.0 Å². The number of ether oxygens (including phenoxy) is 1. The van der Waals surface area contributed by atoms with Crippen LogP contribution >= 0.6 is 0 Å². The molecule has 0 atom stereocenters. The lowest BCUT2D eigenvalue weighted by Gasteiger charge is -2.32. The lowest BCUT2D eigenvalue weighted by Crippen LogP contribution is -2.43. The average Bonchev–Trinajstić information content (AvgIpc) is 2.68. The number of hydrogen-bond acceptors (Lipinski definition) is 4. The van der Waals surface area contributed by atoms with E-state index >= 15 is 0 Å². The van der Waals surface area contributed by atoms with Crippen molar-refractivity contribution >= 4 is 15.7 Å². The number of benzene rings is 2. The van der Waals surface area contributed by atoms with Gasteiger partial charge in [0.1, 0.15) is 17.3 Å². The molecule has 156 valence electrons. The Morgan fingerprint density at radius 1 is 1.10 bits per heavy atom. The quantitative estimate of drug-likeness (QED) is 0.701. The SMILES string of the molecule is CC(C)CS(=O)(=O)C1CCN(C(=O)c2cccc(Oc3ccc(F)cc3)c2)CC1. The predicted octanol–water partition coefficient (Wildman–Crippen LogP) is 4.29. The molecule has 7 heteroatoms. The number of hydrogen-bond donors (Lipinski definition) is 0. The highest BCUT2D eigenvalue weighted by atomic mass is 32.2. The largest absolute Gasteiger partial charge is 0.457 e. The lowest BCUT2D eigenvalue weighted by atomic mass is 10.1. The summed E-state index contributed by atoms with van der Waals surface area (Å²) in [5.74, 6) is 0.760. The van der Waals surface area contributed by atoms with Crippen LogP contribution in [-0.2, 0) is 9.84 Å². The topological polar surface area (TPSA) is 63.7 Å². The first-order chi connectivity index (χ1) is 13.7. The van der Waals surface area contributed by atoms with E-state index in [9.17, 15) is 17.6 Å². The van der Waals surface area contributed by atoms with Gasteiger partial charge in [0.25, 0.3) is 5.91 Å². The standard InChI is InChI=1S/C22H26FNO4S/c1-16(2)15-29(26,27)21-10-12-24(13-11-21)22(25)17-4-3-5-20(14-17)28-19-8-6-18(23)7-9-19/h3-9,14,16,21H,10-13,15H2,1-2H3. The van der Waals surface area contributed by atoms with Crippen LogP contribution in [0.15, 0.2) is 48.5 Å². The number of likely N-dealkylation sites (tertiary alicyclic amines) is 1. The summed E-state index contributed by atoms with van der Waals surface area (Å²) in [5.41, 5.74) is 0.480. The van der Waals surface area contributed by atoms with Crippen molar-refractivity contribution in [3.05, 3.63) is 59.9 Å². The zero-order valence-electron chi connectivity index (χ0n) is 16.7. The summed E-state index contributed by atoms with van der Waals surface area (Å²) in [6, 6.07) is 12.5. The zero-order valence-corrected chi connectivity index (χ0v) is 17.5. The Morgan fingerprint density at radius 3 is 2.38 bits per heavy atom. The Morgan fingerprint density at radius 2 is 1.76 bits per heavy atom. The molecule has 3 rings (SSSR count). The Labute approximate surface area is 171 Å². The molecule has 0 radical (unpaired) electrons. The highest BCUT2D eigenvalue weighted by Crippen LogP contribution is 2.25. The van der Waals surface area contributed by atoms with Crippen LogP contribution < -0.4 is 4.74 Å². The van der Waals surface area contributed by atoms with Crippen LogP contribution in [0.2, 0.25) is 0 Å². The maximum atomic E-state index is 13.0. The monoisotopic (exact) mass is 419 g/mol. The van der Waals surface area contributed by atoms with Gasteiger partial charge in [-0.1, -0.05) is 19.9 Å². The number of rotatable bonds is 6. The minimum absolute atomic E-state index is 0.100. The van der Waals surface area contributed by atoms with Crippen molar-refractivity contribution in [1.29, 1.82) is 0 Å². The smallest absolute Gasteiger partial charge is 0.253 e. The van der Waals surface area contributed by atoms with Crippen molar-refractivity contribution in [2.24, 2.45) is 5.92 Å². The molecule has 0 aromatic heterocycles.